The minimum Gasteiger partial charge on any atom is -0.497 e. The van der Waals surface area contributed by atoms with Gasteiger partial charge in [-0.3, -0.25) is 0 Å². The molecule has 4 rings (SSSR count). The van der Waals surface area contributed by atoms with E-state index in [2.05, 4.69) is 15.3 Å². The van der Waals surface area contributed by atoms with Crippen LogP contribution in [0.5, 0.6) is 11.5 Å². The standard InChI is InChI=1S/C20H24N4O6/c1-28-12-4-3-11(14(7-12)29-2)8-21-18-13-5-6-24(19(13)23-10-22-18)20-17(27)16(26)15(9-25)30-20/h3-7,10,15-17,20,25-27H,8-9H2,1-2H3,(H,21,22,23)/t15-,16-,17-,20-/m1/s1. The van der Waals surface area contributed by atoms with Crippen LogP contribution >= 0.6 is 0 Å². The van der Waals surface area contributed by atoms with Crippen molar-refractivity contribution in [1.82, 2.24) is 14.5 Å². The number of aromatic nitrogens is 3. The van der Waals surface area contributed by atoms with Gasteiger partial charge in [-0.2, -0.15) is 0 Å². The molecule has 10 heteroatoms. The molecule has 2 aromatic heterocycles. The minimum absolute atomic E-state index is 0.389. The van der Waals surface area contributed by atoms with E-state index in [-0.39, 0.29) is 6.61 Å². The Hall–Kier alpha value is -2.92. The van der Waals surface area contributed by atoms with Gasteiger partial charge in [0.05, 0.1) is 26.2 Å². The van der Waals surface area contributed by atoms with Crippen molar-refractivity contribution in [3.8, 4) is 11.5 Å². The molecule has 0 amide bonds. The molecule has 10 nitrogen and oxygen atoms in total. The molecule has 3 heterocycles. The quantitative estimate of drug-likeness (QED) is 0.439. The number of ether oxygens (including phenoxy) is 3. The molecule has 1 aliphatic heterocycles. The van der Waals surface area contributed by atoms with E-state index in [0.717, 1.165) is 10.9 Å². The average Bonchev–Trinajstić information content (AvgIpc) is 3.33. The van der Waals surface area contributed by atoms with E-state index < -0.39 is 24.5 Å². The normalized spacial score (nSPS) is 23.6. The smallest absolute Gasteiger partial charge is 0.164 e. The number of nitrogens with zero attached hydrogens (tertiary/aromatic N) is 3. The first-order valence-corrected chi connectivity index (χ1v) is 9.46. The lowest BCUT2D eigenvalue weighted by molar-refractivity contribution is -0.0508. The van der Waals surface area contributed by atoms with E-state index in [1.807, 2.05) is 18.2 Å². The largest absolute Gasteiger partial charge is 0.497 e. The van der Waals surface area contributed by atoms with Crippen molar-refractivity contribution in [2.75, 3.05) is 26.1 Å². The monoisotopic (exact) mass is 416 g/mol. The number of methoxy groups -OCH3 is 2. The first-order chi connectivity index (χ1) is 14.6. The van der Waals surface area contributed by atoms with Crippen molar-refractivity contribution in [3.63, 3.8) is 0 Å². The molecular weight excluding hydrogens is 392 g/mol. The van der Waals surface area contributed by atoms with Crippen molar-refractivity contribution in [2.24, 2.45) is 0 Å². The first kappa shape index (κ1) is 20.4. The van der Waals surface area contributed by atoms with E-state index in [1.165, 1.54) is 6.33 Å². The predicted molar refractivity (Wildman–Crippen MR) is 107 cm³/mol. The summed E-state index contributed by atoms with van der Waals surface area (Å²) < 4.78 is 17.9. The average molecular weight is 416 g/mol. The third kappa shape index (κ3) is 3.54. The van der Waals surface area contributed by atoms with Crippen molar-refractivity contribution < 1.29 is 29.5 Å². The zero-order valence-corrected chi connectivity index (χ0v) is 16.6. The molecule has 4 atom stereocenters. The second-order valence-corrected chi connectivity index (χ2v) is 6.94. The van der Waals surface area contributed by atoms with Crippen molar-refractivity contribution >= 4 is 16.9 Å². The van der Waals surface area contributed by atoms with Crippen molar-refractivity contribution in [2.45, 2.75) is 31.1 Å². The fourth-order valence-electron chi connectivity index (χ4n) is 3.60. The van der Waals surface area contributed by atoms with Crippen LogP contribution in [0.1, 0.15) is 11.8 Å². The van der Waals surface area contributed by atoms with Crippen LogP contribution in [-0.4, -0.2) is 69.0 Å². The van der Waals surface area contributed by atoms with E-state index in [4.69, 9.17) is 14.2 Å². The number of nitrogens with one attached hydrogen (secondary N) is 1. The summed E-state index contributed by atoms with van der Waals surface area (Å²) in [6, 6.07) is 7.38. The lowest BCUT2D eigenvalue weighted by Crippen LogP contribution is -2.33. The number of rotatable bonds is 7. The number of aliphatic hydroxyl groups excluding tert-OH is 3. The summed E-state index contributed by atoms with van der Waals surface area (Å²) in [7, 11) is 3.20. The van der Waals surface area contributed by atoms with Crippen LogP contribution in [-0.2, 0) is 11.3 Å². The number of anilines is 1. The van der Waals surface area contributed by atoms with Crippen LogP contribution in [0.3, 0.4) is 0 Å². The Morgan fingerprint density at radius 1 is 1.13 bits per heavy atom. The van der Waals surface area contributed by atoms with E-state index in [0.29, 0.717) is 29.5 Å². The van der Waals surface area contributed by atoms with E-state index in [1.54, 1.807) is 31.0 Å². The molecule has 0 radical (unpaired) electrons. The Balaban J connectivity index is 1.59. The highest BCUT2D eigenvalue weighted by atomic mass is 16.6. The summed E-state index contributed by atoms with van der Waals surface area (Å²) in [5.74, 6) is 2.00. The van der Waals surface area contributed by atoms with E-state index in [9.17, 15) is 15.3 Å². The number of aliphatic hydroxyl groups is 3. The van der Waals surface area contributed by atoms with Crippen LogP contribution in [0, 0.1) is 0 Å². The fraction of sp³-hybridized carbons (Fsp3) is 0.400. The van der Waals surface area contributed by atoms with Gasteiger partial charge in [0.25, 0.3) is 0 Å². The Bertz CT molecular complexity index is 1030. The lowest BCUT2D eigenvalue weighted by Gasteiger charge is -2.17. The highest BCUT2D eigenvalue weighted by molar-refractivity contribution is 5.87. The summed E-state index contributed by atoms with van der Waals surface area (Å²) in [6.07, 6.45) is -0.970. The topological polar surface area (TPSA) is 131 Å². The Morgan fingerprint density at radius 3 is 2.67 bits per heavy atom. The van der Waals surface area contributed by atoms with Gasteiger partial charge in [-0.1, -0.05) is 0 Å². The first-order valence-electron chi connectivity index (χ1n) is 9.46. The maximum absolute atomic E-state index is 10.3. The summed E-state index contributed by atoms with van der Waals surface area (Å²) in [6.45, 7) is 0.0672. The van der Waals surface area contributed by atoms with E-state index >= 15 is 0 Å². The number of fused-ring (bicyclic) bond motifs is 1. The molecule has 0 aliphatic carbocycles. The van der Waals surface area contributed by atoms with Gasteiger partial charge in [-0.25, -0.2) is 9.97 Å². The fourth-order valence-corrected chi connectivity index (χ4v) is 3.60. The molecule has 0 unspecified atom stereocenters. The van der Waals surface area contributed by atoms with Crippen LogP contribution in [0.25, 0.3) is 11.0 Å². The van der Waals surface area contributed by atoms with Gasteiger partial charge < -0.3 is 39.4 Å². The zero-order chi connectivity index (χ0) is 21.3. The predicted octanol–water partition coefficient (Wildman–Crippen LogP) is 0.672. The van der Waals surface area contributed by atoms with Crippen LogP contribution in [0.2, 0.25) is 0 Å². The SMILES string of the molecule is COc1ccc(CNc2ncnc3c2ccn3[C@@H]2O[C@H](CO)[C@@H](O)[C@H]2O)c(OC)c1. The van der Waals surface area contributed by atoms with Crippen LogP contribution < -0.4 is 14.8 Å². The molecule has 160 valence electrons. The Labute approximate surface area is 172 Å². The molecule has 1 fully saturated rings. The summed E-state index contributed by atoms with van der Waals surface area (Å²) in [4.78, 5) is 8.63. The number of benzene rings is 1. The molecule has 1 saturated heterocycles. The van der Waals surface area contributed by atoms with Crippen molar-refractivity contribution in [1.29, 1.82) is 0 Å². The minimum atomic E-state index is -1.19. The third-order valence-corrected chi connectivity index (χ3v) is 5.24. The number of hydrogen-bond donors (Lipinski definition) is 4. The summed E-state index contributed by atoms with van der Waals surface area (Å²) >= 11 is 0. The van der Waals surface area contributed by atoms with Gasteiger partial charge in [0, 0.05) is 24.4 Å². The second kappa shape index (κ2) is 8.44. The maximum atomic E-state index is 10.3. The summed E-state index contributed by atoms with van der Waals surface area (Å²) in [5, 5.41) is 33.7. The molecule has 3 aromatic rings. The molecule has 1 aromatic carbocycles. The molecule has 0 bridgehead atoms. The van der Waals surface area contributed by atoms with Gasteiger partial charge in [-0.05, 0) is 18.2 Å². The van der Waals surface area contributed by atoms with Gasteiger partial charge in [0.15, 0.2) is 6.23 Å². The van der Waals surface area contributed by atoms with Gasteiger partial charge in [-0.15, -0.1) is 0 Å². The molecule has 30 heavy (non-hydrogen) atoms. The van der Waals surface area contributed by atoms with Crippen LogP contribution in [0.15, 0.2) is 36.8 Å². The van der Waals surface area contributed by atoms with Gasteiger partial charge in [0.2, 0.25) is 0 Å². The van der Waals surface area contributed by atoms with Gasteiger partial charge >= 0.3 is 0 Å². The maximum Gasteiger partial charge on any atom is 0.164 e. The van der Waals surface area contributed by atoms with Gasteiger partial charge in [0.1, 0.15) is 47.6 Å². The molecule has 0 spiro atoms. The highest BCUT2D eigenvalue weighted by Crippen LogP contribution is 2.33. The molecular formula is C20H24N4O6. The summed E-state index contributed by atoms with van der Waals surface area (Å²) in [5.41, 5.74) is 1.46. The molecule has 4 N–H and O–H groups in total. The molecule has 0 saturated carbocycles. The molecule has 1 aliphatic rings. The second-order valence-electron chi connectivity index (χ2n) is 6.94. The van der Waals surface area contributed by atoms with Crippen molar-refractivity contribution in [3.05, 3.63) is 42.4 Å². The highest BCUT2D eigenvalue weighted by Gasteiger charge is 2.43. The van der Waals surface area contributed by atoms with Crippen LogP contribution in [0.4, 0.5) is 5.82 Å². The number of hydrogen-bond acceptors (Lipinski definition) is 9. The Kier molecular flexibility index (Phi) is 5.73. The third-order valence-electron chi connectivity index (χ3n) is 5.24. The lowest BCUT2D eigenvalue weighted by atomic mass is 10.1. The zero-order valence-electron chi connectivity index (χ0n) is 16.6. The Morgan fingerprint density at radius 2 is 1.97 bits per heavy atom.